The van der Waals surface area contributed by atoms with Crippen molar-refractivity contribution in [1.82, 2.24) is 4.40 Å². The lowest BCUT2D eigenvalue weighted by Crippen LogP contribution is -1.91. The van der Waals surface area contributed by atoms with Crippen LogP contribution in [-0.2, 0) is 6.42 Å². The van der Waals surface area contributed by atoms with E-state index < -0.39 is 0 Å². The Bertz CT molecular complexity index is 520. The molecule has 70 valence electrons. The van der Waals surface area contributed by atoms with E-state index in [0.29, 0.717) is 6.42 Å². The minimum Gasteiger partial charge on any atom is -0.318 e. The van der Waals surface area contributed by atoms with Gasteiger partial charge in [-0.25, -0.2) is 0 Å². The Morgan fingerprint density at radius 1 is 1.50 bits per heavy atom. The van der Waals surface area contributed by atoms with Crippen molar-refractivity contribution in [3.05, 3.63) is 40.1 Å². The molecule has 0 fully saturated rings. The third kappa shape index (κ3) is 1.23. The number of pyridine rings is 1. The number of aromatic nitrogens is 1. The van der Waals surface area contributed by atoms with Crippen LogP contribution in [0.4, 0.5) is 0 Å². The Hall–Kier alpha value is -1.27. The predicted molar refractivity (Wildman–Crippen MR) is 59.2 cm³/mol. The number of hydrogen-bond donors (Lipinski definition) is 0. The largest absolute Gasteiger partial charge is 0.318 e. The molecule has 0 unspecified atom stereocenters. The number of nitrogens with zero attached hydrogens (tertiary/aromatic N) is 2. The number of nitriles is 1. The Morgan fingerprint density at radius 2 is 2.29 bits per heavy atom. The fraction of sp³-hybridized carbons (Fsp3) is 0.182. The summed E-state index contributed by atoms with van der Waals surface area (Å²) < 4.78 is 3.14. The van der Waals surface area contributed by atoms with Crippen molar-refractivity contribution in [2.45, 2.75) is 13.3 Å². The topological polar surface area (TPSA) is 28.2 Å². The molecule has 2 rings (SSSR count). The first kappa shape index (κ1) is 9.29. The maximum atomic E-state index is 8.73. The van der Waals surface area contributed by atoms with Crippen LogP contribution in [0.15, 0.2) is 28.9 Å². The van der Waals surface area contributed by atoms with E-state index in [1.165, 1.54) is 0 Å². The van der Waals surface area contributed by atoms with Crippen molar-refractivity contribution in [3.8, 4) is 6.07 Å². The van der Waals surface area contributed by atoms with Gasteiger partial charge in [-0.05, 0) is 40.5 Å². The second-order valence-electron chi connectivity index (χ2n) is 3.18. The van der Waals surface area contributed by atoms with Crippen molar-refractivity contribution in [2.24, 2.45) is 0 Å². The molecule has 0 radical (unpaired) electrons. The van der Waals surface area contributed by atoms with Gasteiger partial charge in [-0.15, -0.1) is 0 Å². The zero-order chi connectivity index (χ0) is 10.1. The van der Waals surface area contributed by atoms with E-state index in [1.54, 1.807) is 0 Å². The summed E-state index contributed by atoms with van der Waals surface area (Å²) in [7, 11) is 0. The quantitative estimate of drug-likeness (QED) is 0.763. The van der Waals surface area contributed by atoms with Crippen LogP contribution >= 0.6 is 15.9 Å². The molecule has 2 heterocycles. The first-order chi connectivity index (χ1) is 6.75. The van der Waals surface area contributed by atoms with E-state index in [4.69, 9.17) is 5.26 Å². The highest BCUT2D eigenvalue weighted by Crippen LogP contribution is 2.28. The summed E-state index contributed by atoms with van der Waals surface area (Å²) in [5.74, 6) is 0. The van der Waals surface area contributed by atoms with Gasteiger partial charge in [-0.2, -0.15) is 5.26 Å². The van der Waals surface area contributed by atoms with Crippen molar-refractivity contribution >= 4 is 21.4 Å². The van der Waals surface area contributed by atoms with Gasteiger partial charge in [-0.3, -0.25) is 0 Å². The first-order valence-electron chi connectivity index (χ1n) is 4.36. The summed E-state index contributed by atoms with van der Waals surface area (Å²) >= 11 is 3.54. The monoisotopic (exact) mass is 248 g/mol. The lowest BCUT2D eigenvalue weighted by Gasteiger charge is -1.97. The predicted octanol–water partition coefficient (Wildman–Crippen LogP) is 3.08. The second kappa shape index (κ2) is 3.47. The minimum absolute atomic E-state index is 0.447. The van der Waals surface area contributed by atoms with Crippen molar-refractivity contribution in [1.29, 1.82) is 5.26 Å². The molecule has 0 saturated heterocycles. The molecule has 0 aliphatic heterocycles. The molecule has 2 aromatic heterocycles. The highest BCUT2D eigenvalue weighted by Gasteiger charge is 2.11. The van der Waals surface area contributed by atoms with Crippen molar-refractivity contribution in [2.75, 3.05) is 0 Å². The molecule has 2 aromatic rings. The Morgan fingerprint density at radius 3 is 3.00 bits per heavy atom. The van der Waals surface area contributed by atoms with Crippen LogP contribution in [0.1, 0.15) is 11.3 Å². The van der Waals surface area contributed by atoms with Crippen LogP contribution in [-0.4, -0.2) is 4.40 Å². The lowest BCUT2D eigenvalue weighted by molar-refractivity contribution is 1.04. The molecule has 3 heteroatoms. The molecule has 0 spiro atoms. The third-order valence-corrected chi connectivity index (χ3v) is 3.39. The summed E-state index contributed by atoms with van der Waals surface area (Å²) in [6.45, 7) is 2.03. The fourth-order valence-corrected chi connectivity index (χ4v) is 2.20. The van der Waals surface area contributed by atoms with E-state index >= 15 is 0 Å². The van der Waals surface area contributed by atoms with Crippen LogP contribution in [0.3, 0.4) is 0 Å². The van der Waals surface area contributed by atoms with Gasteiger partial charge in [0.05, 0.1) is 18.0 Å². The average Bonchev–Trinajstić information content (AvgIpc) is 2.45. The van der Waals surface area contributed by atoms with Gasteiger partial charge in [-0.1, -0.05) is 6.07 Å². The van der Waals surface area contributed by atoms with Crippen LogP contribution in [0.5, 0.6) is 0 Å². The molecule has 0 saturated carbocycles. The molecule has 0 N–H and O–H groups in total. The Kier molecular flexibility index (Phi) is 2.30. The smallest absolute Gasteiger partial charge is 0.0761 e. The van der Waals surface area contributed by atoms with E-state index in [0.717, 1.165) is 21.2 Å². The zero-order valence-corrected chi connectivity index (χ0v) is 9.37. The van der Waals surface area contributed by atoms with Gasteiger partial charge in [0.2, 0.25) is 0 Å². The van der Waals surface area contributed by atoms with Gasteiger partial charge in [0.1, 0.15) is 0 Å². The second-order valence-corrected chi connectivity index (χ2v) is 3.97. The summed E-state index contributed by atoms with van der Waals surface area (Å²) in [6, 6.07) is 8.20. The van der Waals surface area contributed by atoms with Crippen LogP contribution < -0.4 is 0 Å². The molecule has 0 amide bonds. The van der Waals surface area contributed by atoms with Crippen LogP contribution in [0.2, 0.25) is 0 Å². The highest BCUT2D eigenvalue weighted by atomic mass is 79.9. The molecular formula is C11H9BrN2. The molecule has 0 aromatic carbocycles. The van der Waals surface area contributed by atoms with Gasteiger partial charge in [0.25, 0.3) is 0 Å². The number of halogens is 1. The van der Waals surface area contributed by atoms with Gasteiger partial charge >= 0.3 is 0 Å². The van der Waals surface area contributed by atoms with Gasteiger partial charge < -0.3 is 4.40 Å². The highest BCUT2D eigenvalue weighted by molar-refractivity contribution is 9.10. The molecule has 0 aliphatic rings. The SMILES string of the molecule is Cc1c(Br)c2ccccn2c1CC#N. The Balaban J connectivity index is 2.82. The summed E-state index contributed by atoms with van der Waals surface area (Å²) in [6.07, 6.45) is 2.43. The minimum atomic E-state index is 0.447. The summed E-state index contributed by atoms with van der Waals surface area (Å²) in [4.78, 5) is 0. The zero-order valence-electron chi connectivity index (χ0n) is 7.79. The third-order valence-electron chi connectivity index (χ3n) is 2.38. The normalized spacial score (nSPS) is 10.4. The number of rotatable bonds is 1. The van der Waals surface area contributed by atoms with Gasteiger partial charge in [0.15, 0.2) is 0 Å². The average molecular weight is 249 g/mol. The van der Waals surface area contributed by atoms with E-state index in [9.17, 15) is 0 Å². The fourth-order valence-electron chi connectivity index (χ4n) is 1.65. The number of hydrogen-bond acceptors (Lipinski definition) is 1. The lowest BCUT2D eigenvalue weighted by atomic mass is 10.2. The Labute approximate surface area is 90.9 Å². The van der Waals surface area contributed by atoms with Crippen molar-refractivity contribution in [3.63, 3.8) is 0 Å². The number of fused-ring (bicyclic) bond motifs is 1. The van der Waals surface area contributed by atoms with E-state index in [1.807, 2.05) is 31.3 Å². The first-order valence-corrected chi connectivity index (χ1v) is 5.16. The molecule has 0 atom stereocenters. The molecular weight excluding hydrogens is 240 g/mol. The van der Waals surface area contributed by atoms with E-state index in [2.05, 4.69) is 26.4 Å². The molecule has 0 aliphatic carbocycles. The summed E-state index contributed by atoms with van der Waals surface area (Å²) in [5.41, 5.74) is 3.34. The van der Waals surface area contributed by atoms with Crippen molar-refractivity contribution < 1.29 is 0 Å². The van der Waals surface area contributed by atoms with Crippen LogP contribution in [0.25, 0.3) is 5.52 Å². The maximum absolute atomic E-state index is 8.73. The maximum Gasteiger partial charge on any atom is 0.0761 e. The summed E-state index contributed by atoms with van der Waals surface area (Å²) in [5, 5.41) is 8.73. The molecule has 2 nitrogen and oxygen atoms in total. The van der Waals surface area contributed by atoms with Crippen LogP contribution in [0, 0.1) is 18.3 Å². The van der Waals surface area contributed by atoms with E-state index in [-0.39, 0.29) is 0 Å². The standard InChI is InChI=1S/C11H9BrN2/c1-8-9(5-6-13)14-7-3-2-4-10(14)11(8)12/h2-4,7H,5H2,1H3. The van der Waals surface area contributed by atoms with Gasteiger partial charge in [0, 0.05) is 16.4 Å². The molecule has 14 heavy (non-hydrogen) atoms. The molecule has 0 bridgehead atoms.